The van der Waals surface area contributed by atoms with Crippen molar-refractivity contribution >= 4 is 27.5 Å². The van der Waals surface area contributed by atoms with Gasteiger partial charge in [0, 0.05) is 15.9 Å². The van der Waals surface area contributed by atoms with Crippen molar-refractivity contribution in [1.29, 1.82) is 0 Å². The fourth-order valence-corrected chi connectivity index (χ4v) is 2.36. The summed E-state index contributed by atoms with van der Waals surface area (Å²) in [6.45, 7) is 0.714. The van der Waals surface area contributed by atoms with Gasteiger partial charge in [0.15, 0.2) is 0 Å². The number of nitrogens with two attached hydrogens (primary N) is 1. The van der Waals surface area contributed by atoms with Gasteiger partial charge in [0.25, 0.3) is 0 Å². The Labute approximate surface area is 108 Å². The highest BCUT2D eigenvalue weighted by Gasteiger charge is 2.21. The Morgan fingerprint density at radius 1 is 1.50 bits per heavy atom. The second-order valence-corrected chi connectivity index (χ2v) is 4.80. The van der Waals surface area contributed by atoms with Gasteiger partial charge in [-0.2, -0.15) is 0 Å². The third-order valence-corrected chi connectivity index (χ3v) is 3.41. The van der Waals surface area contributed by atoms with Crippen LogP contribution in [-0.2, 0) is 4.74 Å². The van der Waals surface area contributed by atoms with Gasteiger partial charge in [0.05, 0.1) is 6.61 Å². The quantitative estimate of drug-likeness (QED) is 0.667. The number of hydrogen-bond donors (Lipinski definition) is 2. The molecule has 16 heavy (non-hydrogen) atoms. The van der Waals surface area contributed by atoms with E-state index in [4.69, 9.17) is 22.2 Å². The third-order valence-electron chi connectivity index (χ3n) is 2.45. The van der Waals surface area contributed by atoms with Crippen molar-refractivity contribution in [2.24, 2.45) is 5.84 Å². The van der Waals surface area contributed by atoms with Crippen LogP contribution in [0.15, 0.2) is 34.5 Å². The van der Waals surface area contributed by atoms with Crippen LogP contribution in [0.3, 0.4) is 0 Å². The van der Waals surface area contributed by atoms with Crippen molar-refractivity contribution in [2.75, 3.05) is 6.61 Å². The summed E-state index contributed by atoms with van der Waals surface area (Å²) in [5.41, 5.74) is 3.72. The van der Waals surface area contributed by atoms with E-state index in [9.17, 15) is 0 Å². The normalized spacial score (nSPS) is 16.8. The molecule has 0 radical (unpaired) electrons. The standard InChI is InChI=1S/C11H12BrClN2O/c12-9-4-3-7(13)6-8(9)11(15-14)10-2-1-5-16-10/h2-4,6,11,15H,1,5,14H2. The van der Waals surface area contributed by atoms with Gasteiger partial charge in [-0.1, -0.05) is 27.5 Å². The Balaban J connectivity index is 2.35. The number of benzene rings is 1. The van der Waals surface area contributed by atoms with Crippen molar-refractivity contribution in [3.63, 3.8) is 0 Å². The molecular weight excluding hydrogens is 291 g/mol. The van der Waals surface area contributed by atoms with Crippen LogP contribution in [0.25, 0.3) is 0 Å². The van der Waals surface area contributed by atoms with Gasteiger partial charge in [0.2, 0.25) is 0 Å². The molecule has 1 aliphatic heterocycles. The average Bonchev–Trinajstić information content (AvgIpc) is 2.78. The summed E-state index contributed by atoms with van der Waals surface area (Å²) < 4.78 is 6.46. The Bertz CT molecular complexity index is 422. The predicted molar refractivity (Wildman–Crippen MR) is 67.9 cm³/mol. The first-order valence-electron chi connectivity index (χ1n) is 4.96. The molecule has 1 aromatic carbocycles. The summed E-state index contributed by atoms with van der Waals surface area (Å²) in [5.74, 6) is 6.42. The van der Waals surface area contributed by atoms with E-state index < -0.39 is 0 Å². The minimum atomic E-state index is -0.157. The Morgan fingerprint density at radius 2 is 2.31 bits per heavy atom. The smallest absolute Gasteiger partial charge is 0.115 e. The molecule has 0 aliphatic carbocycles. The van der Waals surface area contributed by atoms with E-state index in [1.807, 2.05) is 24.3 Å². The van der Waals surface area contributed by atoms with Crippen LogP contribution in [-0.4, -0.2) is 6.61 Å². The van der Waals surface area contributed by atoms with Crippen LogP contribution in [0.5, 0.6) is 0 Å². The molecule has 1 heterocycles. The minimum Gasteiger partial charge on any atom is -0.496 e. The van der Waals surface area contributed by atoms with Gasteiger partial charge >= 0.3 is 0 Å². The van der Waals surface area contributed by atoms with E-state index in [1.54, 1.807) is 0 Å². The van der Waals surface area contributed by atoms with Crippen LogP contribution in [0.2, 0.25) is 5.02 Å². The SMILES string of the molecule is NNC(C1=CCCO1)c1cc(Cl)ccc1Br. The molecule has 1 unspecified atom stereocenters. The van der Waals surface area contributed by atoms with Gasteiger partial charge in [-0.3, -0.25) is 5.84 Å². The zero-order valence-corrected chi connectivity index (χ0v) is 10.9. The zero-order chi connectivity index (χ0) is 11.5. The van der Waals surface area contributed by atoms with Gasteiger partial charge in [-0.05, 0) is 29.8 Å². The number of hydrazine groups is 1. The van der Waals surface area contributed by atoms with Gasteiger partial charge in [0.1, 0.15) is 11.8 Å². The van der Waals surface area contributed by atoms with E-state index in [0.29, 0.717) is 11.6 Å². The molecular formula is C11H12BrClN2O. The fraction of sp³-hybridized carbons (Fsp3) is 0.273. The maximum atomic E-state index is 5.97. The summed E-state index contributed by atoms with van der Waals surface area (Å²) in [4.78, 5) is 0. The summed E-state index contributed by atoms with van der Waals surface area (Å²) in [6.07, 6.45) is 2.96. The fourth-order valence-electron chi connectivity index (χ4n) is 1.70. The molecule has 2 rings (SSSR count). The van der Waals surface area contributed by atoms with Gasteiger partial charge in [-0.15, -0.1) is 0 Å². The maximum absolute atomic E-state index is 5.97. The molecule has 5 heteroatoms. The molecule has 0 aromatic heterocycles. The Morgan fingerprint density at radius 3 is 2.94 bits per heavy atom. The monoisotopic (exact) mass is 302 g/mol. The van der Waals surface area contributed by atoms with Crippen molar-refractivity contribution in [3.05, 3.63) is 45.1 Å². The second-order valence-electron chi connectivity index (χ2n) is 3.51. The lowest BCUT2D eigenvalue weighted by atomic mass is 10.1. The summed E-state index contributed by atoms with van der Waals surface area (Å²) >= 11 is 9.46. The molecule has 0 saturated heterocycles. The molecule has 86 valence electrons. The highest BCUT2D eigenvalue weighted by Crippen LogP contribution is 2.32. The largest absolute Gasteiger partial charge is 0.496 e. The van der Waals surface area contributed by atoms with Crippen LogP contribution in [0.4, 0.5) is 0 Å². The third kappa shape index (κ3) is 2.40. The average molecular weight is 304 g/mol. The number of ether oxygens (including phenoxy) is 1. The number of rotatable bonds is 3. The van der Waals surface area contributed by atoms with Gasteiger partial charge in [-0.25, -0.2) is 5.43 Å². The molecule has 3 N–H and O–H groups in total. The lowest BCUT2D eigenvalue weighted by Gasteiger charge is -2.19. The predicted octanol–water partition coefficient (Wildman–Crippen LogP) is 2.91. The zero-order valence-electron chi connectivity index (χ0n) is 8.54. The summed E-state index contributed by atoms with van der Waals surface area (Å²) in [5, 5.41) is 0.678. The molecule has 0 spiro atoms. The minimum absolute atomic E-state index is 0.157. The first-order chi connectivity index (χ1) is 7.72. The van der Waals surface area contributed by atoms with Crippen LogP contribution >= 0.6 is 27.5 Å². The van der Waals surface area contributed by atoms with Crippen molar-refractivity contribution in [3.8, 4) is 0 Å². The van der Waals surface area contributed by atoms with E-state index in [2.05, 4.69) is 21.4 Å². The Hall–Kier alpha value is -0.550. The first-order valence-corrected chi connectivity index (χ1v) is 6.13. The van der Waals surface area contributed by atoms with E-state index in [0.717, 1.165) is 22.2 Å². The van der Waals surface area contributed by atoms with Crippen molar-refractivity contribution in [1.82, 2.24) is 5.43 Å². The maximum Gasteiger partial charge on any atom is 0.115 e. The molecule has 1 aliphatic rings. The number of nitrogens with one attached hydrogen (secondary N) is 1. The number of hydrogen-bond acceptors (Lipinski definition) is 3. The molecule has 3 nitrogen and oxygen atoms in total. The Kier molecular flexibility index (Phi) is 3.86. The highest BCUT2D eigenvalue weighted by atomic mass is 79.9. The molecule has 1 aromatic rings. The molecule has 0 fully saturated rings. The molecule has 1 atom stereocenters. The summed E-state index contributed by atoms with van der Waals surface area (Å²) in [6, 6.07) is 5.44. The van der Waals surface area contributed by atoms with E-state index in [-0.39, 0.29) is 6.04 Å². The van der Waals surface area contributed by atoms with E-state index >= 15 is 0 Å². The molecule has 0 bridgehead atoms. The lowest BCUT2D eigenvalue weighted by Crippen LogP contribution is -2.30. The number of halogens is 2. The molecule has 0 saturated carbocycles. The second kappa shape index (κ2) is 5.19. The van der Waals surface area contributed by atoms with Gasteiger partial charge < -0.3 is 4.74 Å². The summed E-state index contributed by atoms with van der Waals surface area (Å²) in [7, 11) is 0. The van der Waals surface area contributed by atoms with Crippen LogP contribution in [0.1, 0.15) is 18.0 Å². The first kappa shape index (κ1) is 11.9. The van der Waals surface area contributed by atoms with Crippen LogP contribution in [0, 0.1) is 0 Å². The topological polar surface area (TPSA) is 47.3 Å². The lowest BCUT2D eigenvalue weighted by molar-refractivity contribution is 0.215. The molecule has 0 amide bonds. The van der Waals surface area contributed by atoms with Crippen molar-refractivity contribution < 1.29 is 4.74 Å². The van der Waals surface area contributed by atoms with Crippen molar-refractivity contribution in [2.45, 2.75) is 12.5 Å². The van der Waals surface area contributed by atoms with Crippen LogP contribution < -0.4 is 11.3 Å². The van der Waals surface area contributed by atoms with E-state index in [1.165, 1.54) is 0 Å². The highest BCUT2D eigenvalue weighted by molar-refractivity contribution is 9.10.